The Hall–Kier alpha value is -3.43. The number of carboxylic acids is 2. The van der Waals surface area contributed by atoms with Gasteiger partial charge in [-0.3, -0.25) is 4.79 Å². The van der Waals surface area contributed by atoms with Crippen molar-refractivity contribution in [2.24, 2.45) is 5.92 Å². The topological polar surface area (TPSA) is 95.9 Å². The van der Waals surface area contributed by atoms with Crippen molar-refractivity contribution in [3.63, 3.8) is 0 Å². The van der Waals surface area contributed by atoms with Gasteiger partial charge in [0.1, 0.15) is 11.5 Å². The number of halogens is 5. The third-order valence-electron chi connectivity index (χ3n) is 5.16. The Morgan fingerprint density at radius 3 is 2.08 bits per heavy atom. The lowest BCUT2D eigenvalue weighted by molar-refractivity contribution is -0.192. The molecule has 4 rings (SSSR count). The SMILES string of the molecule is O=C(O)C(F)(F)F.O=C(O)[C@H]1CC1c1ccc(NCc2cccc(Oc3cc(Cl)cc(Cl)c3)c2)cc1. The van der Waals surface area contributed by atoms with E-state index in [4.69, 9.17) is 42.9 Å². The highest BCUT2D eigenvalue weighted by Crippen LogP contribution is 2.47. The molecule has 0 spiro atoms. The van der Waals surface area contributed by atoms with Crippen LogP contribution in [0.4, 0.5) is 18.9 Å². The second kappa shape index (κ2) is 11.5. The van der Waals surface area contributed by atoms with E-state index in [0.29, 0.717) is 28.1 Å². The van der Waals surface area contributed by atoms with Crippen molar-refractivity contribution in [2.45, 2.75) is 25.1 Å². The van der Waals surface area contributed by atoms with Crippen molar-refractivity contribution in [1.29, 1.82) is 0 Å². The van der Waals surface area contributed by atoms with Crippen LogP contribution in [-0.4, -0.2) is 28.3 Å². The second-order valence-corrected chi connectivity index (χ2v) is 8.79. The van der Waals surface area contributed by atoms with Gasteiger partial charge in [0, 0.05) is 22.3 Å². The van der Waals surface area contributed by atoms with Crippen molar-refractivity contribution >= 4 is 40.8 Å². The Balaban J connectivity index is 0.000000454. The number of alkyl halides is 3. The maximum absolute atomic E-state index is 11.0. The monoisotopic (exact) mass is 541 g/mol. The number of anilines is 1. The fourth-order valence-electron chi connectivity index (χ4n) is 3.33. The summed E-state index contributed by atoms with van der Waals surface area (Å²) in [6.07, 6.45) is -4.35. The fourth-order valence-corrected chi connectivity index (χ4v) is 3.84. The van der Waals surface area contributed by atoms with Crippen LogP contribution in [0.2, 0.25) is 10.0 Å². The molecule has 6 nitrogen and oxygen atoms in total. The van der Waals surface area contributed by atoms with E-state index in [-0.39, 0.29) is 11.8 Å². The minimum absolute atomic E-state index is 0.148. The lowest BCUT2D eigenvalue weighted by atomic mass is 10.1. The number of rotatable bonds is 7. The first kappa shape index (κ1) is 27.2. The van der Waals surface area contributed by atoms with E-state index >= 15 is 0 Å². The van der Waals surface area contributed by atoms with Gasteiger partial charge < -0.3 is 20.3 Å². The summed E-state index contributed by atoms with van der Waals surface area (Å²) in [7, 11) is 0. The summed E-state index contributed by atoms with van der Waals surface area (Å²) in [5.41, 5.74) is 3.13. The summed E-state index contributed by atoms with van der Waals surface area (Å²) < 4.78 is 37.6. The first-order chi connectivity index (χ1) is 16.9. The van der Waals surface area contributed by atoms with Crippen LogP contribution in [0.3, 0.4) is 0 Å². The van der Waals surface area contributed by atoms with Crippen LogP contribution >= 0.6 is 23.2 Å². The van der Waals surface area contributed by atoms with E-state index in [1.807, 2.05) is 48.5 Å². The van der Waals surface area contributed by atoms with Crippen molar-refractivity contribution in [3.8, 4) is 11.5 Å². The molecule has 3 aromatic carbocycles. The van der Waals surface area contributed by atoms with E-state index in [1.54, 1.807) is 18.2 Å². The first-order valence-corrected chi connectivity index (χ1v) is 11.3. The summed E-state index contributed by atoms with van der Waals surface area (Å²) >= 11 is 12.0. The van der Waals surface area contributed by atoms with Crippen LogP contribution < -0.4 is 10.1 Å². The molecule has 1 unspecified atom stereocenters. The number of nitrogens with one attached hydrogen (secondary N) is 1. The molecule has 2 atom stereocenters. The Kier molecular flexibility index (Phi) is 8.70. The average Bonchev–Trinajstić information content (AvgIpc) is 3.59. The minimum Gasteiger partial charge on any atom is -0.481 e. The number of hydrogen-bond acceptors (Lipinski definition) is 4. The van der Waals surface area contributed by atoms with E-state index < -0.39 is 18.1 Å². The lowest BCUT2D eigenvalue weighted by Gasteiger charge is -2.10. The van der Waals surface area contributed by atoms with Gasteiger partial charge in [-0.05, 0) is 65.9 Å². The standard InChI is InChI=1S/C23H19Cl2NO3.C2HF3O2/c24-16-9-17(25)11-20(10-16)29-19-3-1-2-14(8-19)13-26-18-6-4-15(5-7-18)21-12-22(21)23(27)28;3-2(4,5)1(6)7/h1-11,21-22,26H,12-13H2,(H,27,28);(H,6,7)/t21?,22-;/m0./s1. The Morgan fingerprint density at radius 1 is 0.944 bits per heavy atom. The second-order valence-electron chi connectivity index (χ2n) is 7.92. The maximum atomic E-state index is 11.0. The summed E-state index contributed by atoms with van der Waals surface area (Å²) in [5.74, 6) is -2.26. The molecule has 0 radical (unpaired) electrons. The third-order valence-corrected chi connectivity index (χ3v) is 5.59. The fraction of sp³-hybridized carbons (Fsp3) is 0.200. The van der Waals surface area contributed by atoms with Crippen LogP contribution in [0.5, 0.6) is 11.5 Å². The molecule has 3 aromatic rings. The highest BCUT2D eigenvalue weighted by molar-refractivity contribution is 6.34. The van der Waals surface area contributed by atoms with Gasteiger partial charge in [-0.1, -0.05) is 47.5 Å². The largest absolute Gasteiger partial charge is 0.490 e. The highest BCUT2D eigenvalue weighted by atomic mass is 35.5. The smallest absolute Gasteiger partial charge is 0.481 e. The molecule has 3 N–H and O–H groups in total. The number of carboxylic acid groups (broad SMARTS) is 2. The first-order valence-electron chi connectivity index (χ1n) is 10.5. The molecular weight excluding hydrogens is 522 g/mol. The van der Waals surface area contributed by atoms with E-state index in [9.17, 15) is 18.0 Å². The molecule has 36 heavy (non-hydrogen) atoms. The predicted octanol–water partition coefficient (Wildman–Crippen LogP) is 7.22. The zero-order valence-corrected chi connectivity index (χ0v) is 19.9. The molecule has 1 aliphatic carbocycles. The van der Waals surface area contributed by atoms with Gasteiger partial charge in [0.25, 0.3) is 0 Å². The predicted molar refractivity (Wildman–Crippen MR) is 129 cm³/mol. The summed E-state index contributed by atoms with van der Waals surface area (Å²) in [4.78, 5) is 19.9. The average molecular weight is 542 g/mol. The molecule has 190 valence electrons. The molecule has 11 heteroatoms. The van der Waals surface area contributed by atoms with Gasteiger partial charge in [0.2, 0.25) is 0 Å². The molecule has 0 heterocycles. The van der Waals surface area contributed by atoms with Gasteiger partial charge >= 0.3 is 18.1 Å². The number of aliphatic carboxylic acids is 2. The molecule has 1 saturated carbocycles. The highest BCUT2D eigenvalue weighted by Gasteiger charge is 2.44. The quantitative estimate of drug-likeness (QED) is 0.292. The van der Waals surface area contributed by atoms with E-state index in [2.05, 4.69) is 5.32 Å². The molecule has 1 aliphatic rings. The van der Waals surface area contributed by atoms with Gasteiger partial charge in [-0.15, -0.1) is 0 Å². The Labute approximate surface area is 214 Å². The zero-order chi connectivity index (χ0) is 26.5. The van der Waals surface area contributed by atoms with E-state index in [0.717, 1.165) is 23.2 Å². The van der Waals surface area contributed by atoms with Gasteiger partial charge in [0.05, 0.1) is 5.92 Å². The minimum atomic E-state index is -5.08. The normalized spacial score (nSPS) is 16.4. The maximum Gasteiger partial charge on any atom is 0.490 e. The van der Waals surface area contributed by atoms with Crippen LogP contribution in [0.15, 0.2) is 66.7 Å². The molecular formula is C25H20Cl2F3NO5. The van der Waals surface area contributed by atoms with Gasteiger partial charge in [-0.2, -0.15) is 13.2 Å². The number of ether oxygens (including phenoxy) is 1. The number of carbonyl (C=O) groups is 2. The molecule has 0 aromatic heterocycles. The van der Waals surface area contributed by atoms with Gasteiger partial charge in [-0.25, -0.2) is 4.79 Å². The summed E-state index contributed by atoms with van der Waals surface area (Å²) in [6, 6.07) is 20.8. The summed E-state index contributed by atoms with van der Waals surface area (Å²) in [5, 5.41) is 20.6. The van der Waals surface area contributed by atoms with Crippen molar-refractivity contribution in [3.05, 3.63) is 87.9 Å². The molecule has 0 saturated heterocycles. The van der Waals surface area contributed by atoms with Crippen molar-refractivity contribution in [2.75, 3.05) is 5.32 Å². The van der Waals surface area contributed by atoms with Gasteiger partial charge in [0.15, 0.2) is 0 Å². The van der Waals surface area contributed by atoms with Crippen LogP contribution in [-0.2, 0) is 16.1 Å². The van der Waals surface area contributed by atoms with Crippen molar-refractivity contribution < 1.29 is 37.7 Å². The van der Waals surface area contributed by atoms with Crippen LogP contribution in [0.1, 0.15) is 23.5 Å². The molecule has 1 fully saturated rings. The Morgan fingerprint density at radius 2 is 1.56 bits per heavy atom. The summed E-state index contributed by atoms with van der Waals surface area (Å²) in [6.45, 7) is 0.633. The molecule has 0 bridgehead atoms. The number of hydrogen-bond donors (Lipinski definition) is 3. The number of benzene rings is 3. The van der Waals surface area contributed by atoms with E-state index in [1.165, 1.54) is 0 Å². The van der Waals surface area contributed by atoms with Crippen molar-refractivity contribution in [1.82, 2.24) is 0 Å². The Bertz CT molecular complexity index is 1210. The lowest BCUT2D eigenvalue weighted by Crippen LogP contribution is -2.21. The third kappa shape index (κ3) is 8.07. The van der Waals surface area contributed by atoms with Crippen LogP contribution in [0.25, 0.3) is 0 Å². The molecule has 0 aliphatic heterocycles. The zero-order valence-electron chi connectivity index (χ0n) is 18.4. The molecule has 0 amide bonds. The van der Waals surface area contributed by atoms with Crippen LogP contribution in [0, 0.1) is 5.92 Å².